The smallest absolute Gasteiger partial charge is 0.321 e. The highest BCUT2D eigenvalue weighted by Crippen LogP contribution is 2.24. The Morgan fingerprint density at radius 2 is 1.95 bits per heavy atom. The van der Waals surface area contributed by atoms with Crippen LogP contribution in [0.4, 0.5) is 10.5 Å². The molecule has 1 heterocycles. The van der Waals surface area contributed by atoms with Gasteiger partial charge in [-0.3, -0.25) is 4.79 Å². The van der Waals surface area contributed by atoms with Crippen LogP contribution in [-0.4, -0.2) is 23.8 Å². The second-order valence-corrected chi connectivity index (χ2v) is 5.24. The number of hydrogen-bond acceptors (Lipinski definition) is 2. The van der Waals surface area contributed by atoms with E-state index in [-0.39, 0.29) is 11.8 Å². The quantitative estimate of drug-likeness (QED) is 0.878. The number of fused-ring (bicyclic) bond motifs is 1. The molecule has 0 radical (unpaired) electrons. The molecule has 4 nitrogen and oxygen atoms in total. The zero-order chi connectivity index (χ0) is 14.8. The van der Waals surface area contributed by atoms with E-state index in [1.807, 2.05) is 36.4 Å². The van der Waals surface area contributed by atoms with Gasteiger partial charge in [0.05, 0.1) is 0 Å². The van der Waals surface area contributed by atoms with E-state index in [9.17, 15) is 9.59 Å². The molecule has 0 fully saturated rings. The van der Waals surface area contributed by atoms with E-state index in [1.54, 1.807) is 24.1 Å². The number of nitrogens with one attached hydrogen (secondary N) is 1. The lowest BCUT2D eigenvalue weighted by Gasteiger charge is -2.26. The molecule has 2 aromatic carbocycles. The Labute approximate surface area is 123 Å². The molecule has 1 N–H and O–H groups in total. The van der Waals surface area contributed by atoms with Crippen LogP contribution < -0.4 is 5.32 Å². The lowest BCUT2D eigenvalue weighted by Crippen LogP contribution is -2.35. The predicted octanol–water partition coefficient (Wildman–Crippen LogP) is 3.09. The molecule has 0 spiro atoms. The normalized spacial score (nSPS) is 13.6. The second kappa shape index (κ2) is 5.40. The third-order valence-corrected chi connectivity index (χ3v) is 3.63. The van der Waals surface area contributed by atoms with Crippen molar-refractivity contribution in [3.05, 3.63) is 65.2 Å². The highest BCUT2D eigenvalue weighted by Gasteiger charge is 2.20. The molecule has 0 saturated heterocycles. The van der Waals surface area contributed by atoms with Crippen LogP contribution in [0.1, 0.15) is 21.5 Å². The van der Waals surface area contributed by atoms with E-state index in [0.29, 0.717) is 18.5 Å². The van der Waals surface area contributed by atoms with Gasteiger partial charge in [0.1, 0.15) is 0 Å². The van der Waals surface area contributed by atoms with Crippen molar-refractivity contribution in [3.63, 3.8) is 0 Å². The van der Waals surface area contributed by atoms with Crippen molar-refractivity contribution in [2.24, 2.45) is 0 Å². The Hall–Kier alpha value is -2.62. The van der Waals surface area contributed by atoms with Crippen LogP contribution in [-0.2, 0) is 13.0 Å². The van der Waals surface area contributed by atoms with E-state index in [0.717, 1.165) is 16.8 Å². The number of amides is 2. The molecule has 106 valence electrons. The first kappa shape index (κ1) is 13.4. The van der Waals surface area contributed by atoms with E-state index in [1.165, 1.54) is 0 Å². The molecule has 21 heavy (non-hydrogen) atoms. The van der Waals surface area contributed by atoms with Gasteiger partial charge in [0.15, 0.2) is 5.78 Å². The number of hydrogen-bond donors (Lipinski definition) is 1. The zero-order valence-corrected chi connectivity index (χ0v) is 11.8. The molecule has 1 aliphatic rings. The van der Waals surface area contributed by atoms with Crippen LogP contribution in [0.5, 0.6) is 0 Å². The Morgan fingerprint density at radius 1 is 1.19 bits per heavy atom. The fourth-order valence-corrected chi connectivity index (χ4v) is 2.44. The molecule has 0 atom stereocenters. The van der Waals surface area contributed by atoms with Crippen molar-refractivity contribution in [3.8, 4) is 0 Å². The van der Waals surface area contributed by atoms with Crippen LogP contribution in [0.3, 0.4) is 0 Å². The van der Waals surface area contributed by atoms with Gasteiger partial charge in [-0.15, -0.1) is 0 Å². The molecule has 0 saturated carbocycles. The maximum Gasteiger partial charge on any atom is 0.321 e. The molecule has 2 aromatic rings. The number of nitrogens with zero attached hydrogens (tertiary/aromatic N) is 1. The molecule has 0 unspecified atom stereocenters. The summed E-state index contributed by atoms with van der Waals surface area (Å²) in [5.41, 5.74) is 3.44. The molecule has 0 aliphatic carbocycles. The summed E-state index contributed by atoms with van der Waals surface area (Å²) >= 11 is 0. The first-order chi connectivity index (χ1) is 10.1. The van der Waals surface area contributed by atoms with Crippen LogP contribution >= 0.6 is 0 Å². The molecule has 0 aromatic heterocycles. The summed E-state index contributed by atoms with van der Waals surface area (Å²) in [6, 6.07) is 15.0. The number of anilines is 1. The summed E-state index contributed by atoms with van der Waals surface area (Å²) in [6.07, 6.45) is 0.391. The van der Waals surface area contributed by atoms with Gasteiger partial charge in [-0.2, -0.15) is 0 Å². The van der Waals surface area contributed by atoms with Gasteiger partial charge >= 0.3 is 6.03 Å². The average molecular weight is 280 g/mol. The van der Waals surface area contributed by atoms with Gasteiger partial charge in [-0.25, -0.2) is 4.79 Å². The predicted molar refractivity (Wildman–Crippen MR) is 81.4 cm³/mol. The van der Waals surface area contributed by atoms with Gasteiger partial charge in [0.25, 0.3) is 0 Å². The number of Topliss-reactive ketones (excluding diaryl/α,β-unsaturated/α-hetero) is 1. The van der Waals surface area contributed by atoms with Gasteiger partial charge in [0.2, 0.25) is 0 Å². The maximum atomic E-state index is 12.3. The van der Waals surface area contributed by atoms with Crippen LogP contribution in [0.2, 0.25) is 0 Å². The fourth-order valence-electron chi connectivity index (χ4n) is 2.44. The maximum absolute atomic E-state index is 12.3. The number of ketones is 1. The summed E-state index contributed by atoms with van der Waals surface area (Å²) in [5, 5.41) is 2.80. The average Bonchev–Trinajstić information content (AvgIpc) is 2.49. The minimum atomic E-state index is -0.120. The van der Waals surface area contributed by atoms with Crippen molar-refractivity contribution >= 4 is 17.5 Å². The van der Waals surface area contributed by atoms with Gasteiger partial charge in [-0.1, -0.05) is 30.3 Å². The van der Waals surface area contributed by atoms with Crippen molar-refractivity contribution < 1.29 is 9.59 Å². The SMILES string of the molecule is CN1Cc2cc(C(=O)Cc3ccccc3)ccc2NC1=O. The lowest BCUT2D eigenvalue weighted by atomic mass is 9.99. The first-order valence-electron chi connectivity index (χ1n) is 6.85. The van der Waals surface area contributed by atoms with Crippen LogP contribution in [0.25, 0.3) is 0 Å². The van der Waals surface area contributed by atoms with Gasteiger partial charge in [0, 0.05) is 31.3 Å². The monoisotopic (exact) mass is 280 g/mol. The standard InChI is InChI=1S/C17H16N2O2/c1-19-11-14-10-13(7-8-15(14)18-17(19)21)16(20)9-12-5-3-2-4-6-12/h2-8,10H,9,11H2,1H3,(H,18,21). The Bertz CT molecular complexity index is 695. The van der Waals surface area contributed by atoms with Crippen molar-refractivity contribution in [1.29, 1.82) is 0 Å². The largest absolute Gasteiger partial charge is 0.323 e. The molecule has 1 aliphatic heterocycles. The summed E-state index contributed by atoms with van der Waals surface area (Å²) in [5.74, 6) is 0.0866. The first-order valence-corrected chi connectivity index (χ1v) is 6.85. The molecular formula is C17H16N2O2. The Kier molecular flexibility index (Phi) is 3.44. The third kappa shape index (κ3) is 2.79. The molecule has 4 heteroatoms. The Balaban J connectivity index is 1.82. The summed E-state index contributed by atoms with van der Waals surface area (Å²) in [6.45, 7) is 0.521. The molecule has 2 amide bonds. The van der Waals surface area contributed by atoms with Crippen LogP contribution in [0.15, 0.2) is 48.5 Å². The number of rotatable bonds is 3. The highest BCUT2D eigenvalue weighted by molar-refractivity contribution is 5.99. The van der Waals surface area contributed by atoms with Crippen molar-refractivity contribution in [1.82, 2.24) is 4.90 Å². The summed E-state index contributed by atoms with van der Waals surface area (Å²) in [4.78, 5) is 25.5. The van der Waals surface area contributed by atoms with Crippen LogP contribution in [0, 0.1) is 0 Å². The minimum absolute atomic E-state index is 0.0866. The fraction of sp³-hybridized carbons (Fsp3) is 0.176. The number of carbonyl (C=O) groups is 2. The van der Waals surface area contributed by atoms with E-state index < -0.39 is 0 Å². The summed E-state index contributed by atoms with van der Waals surface area (Å²) in [7, 11) is 1.73. The highest BCUT2D eigenvalue weighted by atomic mass is 16.2. The second-order valence-electron chi connectivity index (χ2n) is 5.24. The van der Waals surface area contributed by atoms with E-state index in [4.69, 9.17) is 0 Å². The Morgan fingerprint density at radius 3 is 2.71 bits per heavy atom. The number of urea groups is 1. The zero-order valence-electron chi connectivity index (χ0n) is 11.8. The lowest BCUT2D eigenvalue weighted by molar-refractivity contribution is 0.0993. The third-order valence-electron chi connectivity index (χ3n) is 3.63. The molecule has 0 bridgehead atoms. The van der Waals surface area contributed by atoms with Crippen molar-refractivity contribution in [2.75, 3.05) is 12.4 Å². The van der Waals surface area contributed by atoms with Gasteiger partial charge < -0.3 is 10.2 Å². The van der Waals surface area contributed by atoms with E-state index in [2.05, 4.69) is 5.32 Å². The van der Waals surface area contributed by atoms with E-state index >= 15 is 0 Å². The van der Waals surface area contributed by atoms with Crippen molar-refractivity contribution in [2.45, 2.75) is 13.0 Å². The van der Waals surface area contributed by atoms with Gasteiger partial charge in [-0.05, 0) is 29.3 Å². The minimum Gasteiger partial charge on any atom is -0.323 e. The number of benzene rings is 2. The molecular weight excluding hydrogens is 264 g/mol. The molecule has 3 rings (SSSR count). The topological polar surface area (TPSA) is 49.4 Å². The summed E-state index contributed by atoms with van der Waals surface area (Å²) < 4.78 is 0. The number of carbonyl (C=O) groups excluding carboxylic acids is 2.